The molecule has 1 aromatic heterocycles. The number of rotatable bonds is 9. The topological polar surface area (TPSA) is 103 Å². The maximum atomic E-state index is 11.0. The standard InChI is InChI=1S/C11H19N5O4/c1-15(2)5-7-20-6-4-12-10-9(16(17)18)11(19-3)14-8-13-10/h8H,4-7H2,1-3H3,(H,12,13,14). The summed E-state index contributed by atoms with van der Waals surface area (Å²) in [5.41, 5.74) is -0.275. The predicted octanol–water partition coefficient (Wildman–Crippen LogP) is 0.384. The average molecular weight is 285 g/mol. The molecule has 0 amide bonds. The van der Waals surface area contributed by atoms with Gasteiger partial charge in [-0.25, -0.2) is 4.98 Å². The highest BCUT2D eigenvalue weighted by atomic mass is 16.6. The average Bonchev–Trinajstić information content (AvgIpc) is 2.41. The number of anilines is 1. The summed E-state index contributed by atoms with van der Waals surface area (Å²) >= 11 is 0. The third-order valence-electron chi connectivity index (χ3n) is 2.39. The monoisotopic (exact) mass is 285 g/mol. The molecular formula is C11H19N5O4. The van der Waals surface area contributed by atoms with Crippen LogP contribution in [0.2, 0.25) is 0 Å². The lowest BCUT2D eigenvalue weighted by Gasteiger charge is -2.10. The van der Waals surface area contributed by atoms with Crippen molar-refractivity contribution in [3.05, 3.63) is 16.4 Å². The molecule has 0 aliphatic carbocycles. The van der Waals surface area contributed by atoms with Crippen LogP contribution in [0.5, 0.6) is 5.88 Å². The van der Waals surface area contributed by atoms with Crippen LogP contribution in [0.15, 0.2) is 6.33 Å². The second kappa shape index (κ2) is 8.23. The van der Waals surface area contributed by atoms with Crippen LogP contribution in [0.1, 0.15) is 0 Å². The van der Waals surface area contributed by atoms with E-state index >= 15 is 0 Å². The second-order valence-corrected chi connectivity index (χ2v) is 4.18. The first-order chi connectivity index (χ1) is 9.56. The fourth-order valence-electron chi connectivity index (χ4n) is 1.40. The minimum atomic E-state index is -0.575. The Hall–Kier alpha value is -2.00. The maximum absolute atomic E-state index is 11.0. The number of nitrogens with zero attached hydrogens (tertiary/aromatic N) is 4. The molecule has 1 aromatic rings. The van der Waals surface area contributed by atoms with Crippen molar-refractivity contribution in [1.29, 1.82) is 0 Å². The zero-order valence-electron chi connectivity index (χ0n) is 11.8. The van der Waals surface area contributed by atoms with Crippen molar-refractivity contribution in [1.82, 2.24) is 14.9 Å². The van der Waals surface area contributed by atoms with Gasteiger partial charge in [0, 0.05) is 13.1 Å². The smallest absolute Gasteiger partial charge is 0.372 e. The number of hydrogen-bond donors (Lipinski definition) is 1. The summed E-state index contributed by atoms with van der Waals surface area (Å²) in [4.78, 5) is 20.0. The molecule has 0 saturated carbocycles. The van der Waals surface area contributed by atoms with Crippen LogP contribution < -0.4 is 10.1 Å². The van der Waals surface area contributed by atoms with Crippen molar-refractivity contribution in [2.45, 2.75) is 0 Å². The van der Waals surface area contributed by atoms with Gasteiger partial charge in [-0.3, -0.25) is 10.1 Å². The SMILES string of the molecule is COc1ncnc(NCCOCCN(C)C)c1[N+](=O)[O-]. The summed E-state index contributed by atoms with van der Waals surface area (Å²) in [6.45, 7) is 2.26. The van der Waals surface area contributed by atoms with Crippen LogP contribution in [-0.2, 0) is 4.74 Å². The molecule has 0 fully saturated rings. The molecule has 9 heteroatoms. The third kappa shape index (κ3) is 4.94. The Kier molecular flexibility index (Phi) is 6.60. The fourth-order valence-corrected chi connectivity index (χ4v) is 1.40. The molecule has 9 nitrogen and oxygen atoms in total. The fraction of sp³-hybridized carbons (Fsp3) is 0.636. The summed E-state index contributed by atoms with van der Waals surface area (Å²) in [6.07, 6.45) is 1.21. The van der Waals surface area contributed by atoms with Crippen LogP contribution in [0.4, 0.5) is 11.5 Å². The van der Waals surface area contributed by atoms with Crippen LogP contribution in [0, 0.1) is 10.1 Å². The molecule has 0 unspecified atom stereocenters. The molecule has 0 radical (unpaired) electrons. The van der Waals surface area contributed by atoms with Gasteiger partial charge in [0.1, 0.15) is 6.33 Å². The van der Waals surface area contributed by atoms with Gasteiger partial charge in [0.25, 0.3) is 5.88 Å². The minimum Gasteiger partial charge on any atom is -0.476 e. The van der Waals surface area contributed by atoms with Crippen molar-refractivity contribution < 1.29 is 14.4 Å². The zero-order chi connectivity index (χ0) is 15.0. The first-order valence-electron chi connectivity index (χ1n) is 6.06. The molecule has 112 valence electrons. The Morgan fingerprint density at radius 2 is 2.15 bits per heavy atom. The Labute approximate surface area is 117 Å². The number of methoxy groups -OCH3 is 1. The van der Waals surface area contributed by atoms with Crippen molar-refractivity contribution in [2.24, 2.45) is 0 Å². The van der Waals surface area contributed by atoms with Crippen LogP contribution in [0.25, 0.3) is 0 Å². The molecule has 1 rings (SSSR count). The van der Waals surface area contributed by atoms with E-state index in [0.29, 0.717) is 19.8 Å². The molecule has 0 atom stereocenters. The highest BCUT2D eigenvalue weighted by Gasteiger charge is 2.23. The Balaban J connectivity index is 2.49. The van der Waals surface area contributed by atoms with Gasteiger partial charge in [0.05, 0.1) is 25.2 Å². The van der Waals surface area contributed by atoms with Crippen LogP contribution in [0.3, 0.4) is 0 Å². The van der Waals surface area contributed by atoms with E-state index in [1.54, 1.807) is 0 Å². The lowest BCUT2D eigenvalue weighted by molar-refractivity contribution is -0.385. The predicted molar refractivity (Wildman–Crippen MR) is 73.1 cm³/mol. The van der Waals surface area contributed by atoms with Gasteiger partial charge in [-0.1, -0.05) is 0 Å². The molecule has 1 N–H and O–H groups in total. The number of ether oxygens (including phenoxy) is 2. The van der Waals surface area contributed by atoms with Gasteiger partial charge >= 0.3 is 5.69 Å². The third-order valence-corrected chi connectivity index (χ3v) is 2.39. The normalized spacial score (nSPS) is 10.6. The highest BCUT2D eigenvalue weighted by Crippen LogP contribution is 2.29. The van der Waals surface area contributed by atoms with Crippen molar-refractivity contribution in [2.75, 3.05) is 52.8 Å². The summed E-state index contributed by atoms with van der Waals surface area (Å²) in [5, 5.41) is 13.8. The first-order valence-corrected chi connectivity index (χ1v) is 6.06. The van der Waals surface area contributed by atoms with Gasteiger partial charge in [-0.2, -0.15) is 4.98 Å². The molecular weight excluding hydrogens is 266 g/mol. The van der Waals surface area contributed by atoms with E-state index in [9.17, 15) is 10.1 Å². The van der Waals surface area contributed by atoms with E-state index in [-0.39, 0.29) is 17.4 Å². The number of nitrogens with one attached hydrogen (secondary N) is 1. The molecule has 0 bridgehead atoms. The summed E-state index contributed by atoms with van der Waals surface area (Å²) in [7, 11) is 5.24. The van der Waals surface area contributed by atoms with E-state index in [0.717, 1.165) is 6.54 Å². The van der Waals surface area contributed by atoms with Gasteiger partial charge in [-0.15, -0.1) is 0 Å². The largest absolute Gasteiger partial charge is 0.476 e. The summed E-state index contributed by atoms with van der Waals surface area (Å²) in [6, 6.07) is 0. The van der Waals surface area contributed by atoms with Crippen molar-refractivity contribution >= 4 is 11.5 Å². The van der Waals surface area contributed by atoms with E-state index < -0.39 is 4.92 Å². The van der Waals surface area contributed by atoms with Gasteiger partial charge < -0.3 is 19.7 Å². The lowest BCUT2D eigenvalue weighted by atomic mass is 10.4. The molecule has 0 aromatic carbocycles. The van der Waals surface area contributed by atoms with E-state index in [1.807, 2.05) is 19.0 Å². The maximum Gasteiger partial charge on any atom is 0.372 e. The van der Waals surface area contributed by atoms with Gasteiger partial charge in [0.2, 0.25) is 5.82 Å². The minimum absolute atomic E-state index is 0.0685. The molecule has 20 heavy (non-hydrogen) atoms. The quantitative estimate of drug-likeness (QED) is 0.395. The van der Waals surface area contributed by atoms with Crippen LogP contribution >= 0.6 is 0 Å². The molecule has 1 heterocycles. The Morgan fingerprint density at radius 1 is 1.40 bits per heavy atom. The molecule has 0 aliphatic rings. The number of likely N-dealkylation sites (N-methyl/N-ethyl adjacent to an activating group) is 1. The zero-order valence-corrected chi connectivity index (χ0v) is 11.8. The van der Waals surface area contributed by atoms with Gasteiger partial charge in [-0.05, 0) is 14.1 Å². The number of aromatic nitrogens is 2. The summed E-state index contributed by atoms with van der Waals surface area (Å²) in [5.74, 6) is 0.0547. The number of nitro groups is 1. The number of hydrogen-bond acceptors (Lipinski definition) is 8. The summed E-state index contributed by atoms with van der Waals surface area (Å²) < 4.78 is 10.2. The molecule has 0 saturated heterocycles. The van der Waals surface area contributed by atoms with E-state index in [2.05, 4.69) is 15.3 Å². The van der Waals surface area contributed by atoms with Crippen molar-refractivity contribution in [3.8, 4) is 5.88 Å². The van der Waals surface area contributed by atoms with E-state index in [1.165, 1.54) is 13.4 Å². The molecule has 0 aliphatic heterocycles. The second-order valence-electron chi connectivity index (χ2n) is 4.18. The van der Waals surface area contributed by atoms with E-state index in [4.69, 9.17) is 9.47 Å². The van der Waals surface area contributed by atoms with Crippen LogP contribution in [-0.4, -0.2) is 67.3 Å². The van der Waals surface area contributed by atoms with Crippen molar-refractivity contribution in [3.63, 3.8) is 0 Å². The Bertz CT molecular complexity index is 441. The Morgan fingerprint density at radius 3 is 2.75 bits per heavy atom. The molecule has 0 spiro atoms. The lowest BCUT2D eigenvalue weighted by Crippen LogP contribution is -2.20. The van der Waals surface area contributed by atoms with Gasteiger partial charge in [0.15, 0.2) is 0 Å². The highest BCUT2D eigenvalue weighted by molar-refractivity contribution is 5.60. The first kappa shape index (κ1) is 16.1.